The van der Waals surface area contributed by atoms with Gasteiger partial charge in [0.15, 0.2) is 0 Å². The number of hydrogen-bond acceptors (Lipinski definition) is 8. The van der Waals surface area contributed by atoms with Gasteiger partial charge in [0, 0.05) is 18.7 Å². The maximum atomic E-state index is 12.2. The zero-order valence-corrected chi connectivity index (χ0v) is 16.2. The van der Waals surface area contributed by atoms with Gasteiger partial charge >= 0.3 is 24.0 Å². The van der Waals surface area contributed by atoms with Gasteiger partial charge in [0.25, 0.3) is 0 Å². The minimum absolute atomic E-state index is 0.0294. The number of imide groups is 1. The number of rotatable bonds is 15. The number of carbonyl (C=O) groups is 4. The Morgan fingerprint density at radius 2 is 1.34 bits per heavy atom. The van der Waals surface area contributed by atoms with Crippen LogP contribution in [0.2, 0.25) is 0 Å². The second-order valence-electron chi connectivity index (χ2n) is 5.04. The highest BCUT2D eigenvalue weighted by atomic mass is 16.7. The fourth-order valence-electron chi connectivity index (χ4n) is 1.63. The van der Waals surface area contributed by atoms with Gasteiger partial charge in [-0.1, -0.05) is 19.2 Å². The van der Waals surface area contributed by atoms with Crippen LogP contribution in [0.15, 0.2) is 38.0 Å². The molecule has 0 saturated carbocycles. The molecular weight excluding hydrogens is 386 g/mol. The van der Waals surface area contributed by atoms with Crippen molar-refractivity contribution in [3.63, 3.8) is 0 Å². The van der Waals surface area contributed by atoms with E-state index in [1.165, 1.54) is 0 Å². The van der Waals surface area contributed by atoms with Gasteiger partial charge in [-0.2, -0.15) is 0 Å². The average Bonchev–Trinajstić information content (AvgIpc) is 2.72. The predicted octanol–water partition coefficient (Wildman–Crippen LogP) is 0.343. The number of nitrogens with one attached hydrogen (secondary N) is 2. The first-order valence-electron chi connectivity index (χ1n) is 8.64. The van der Waals surface area contributed by atoms with Crippen molar-refractivity contribution in [3.8, 4) is 0 Å². The van der Waals surface area contributed by atoms with E-state index in [1.54, 1.807) is 6.08 Å². The van der Waals surface area contributed by atoms with Crippen molar-refractivity contribution in [2.45, 2.75) is 0 Å². The van der Waals surface area contributed by atoms with Gasteiger partial charge < -0.3 is 29.6 Å². The maximum Gasteiger partial charge on any atom is 0.330 e. The second-order valence-corrected chi connectivity index (χ2v) is 5.04. The molecule has 2 N–H and O–H groups in total. The van der Waals surface area contributed by atoms with Crippen molar-refractivity contribution in [1.29, 1.82) is 0 Å². The third-order valence-electron chi connectivity index (χ3n) is 2.93. The normalized spacial score (nSPS) is 9.66. The van der Waals surface area contributed by atoms with E-state index < -0.39 is 24.0 Å². The number of amides is 4. The smallest absolute Gasteiger partial charge is 0.330 e. The number of hydrogen-bond donors (Lipinski definition) is 2. The molecule has 0 heterocycles. The maximum absolute atomic E-state index is 12.2. The zero-order valence-electron chi connectivity index (χ0n) is 16.2. The molecule has 0 fully saturated rings. The van der Waals surface area contributed by atoms with Crippen molar-refractivity contribution in [3.05, 3.63) is 38.0 Å². The van der Waals surface area contributed by atoms with Gasteiger partial charge in [-0.25, -0.2) is 24.1 Å². The van der Waals surface area contributed by atoms with Crippen molar-refractivity contribution in [1.82, 2.24) is 15.5 Å². The Morgan fingerprint density at radius 3 is 1.90 bits per heavy atom. The summed E-state index contributed by atoms with van der Waals surface area (Å²) < 4.78 is 19.6. The van der Waals surface area contributed by atoms with E-state index in [4.69, 9.17) is 18.9 Å². The summed E-state index contributed by atoms with van der Waals surface area (Å²) in [5, 5.41) is 4.90. The van der Waals surface area contributed by atoms with E-state index in [9.17, 15) is 19.2 Å². The van der Waals surface area contributed by atoms with E-state index in [1.807, 2.05) is 0 Å². The third kappa shape index (κ3) is 13.6. The Bertz CT molecular complexity index is 579. The molecule has 0 spiro atoms. The Balaban J connectivity index is 4.46. The summed E-state index contributed by atoms with van der Waals surface area (Å²) in [6.07, 6.45) is 3.52. The fraction of sp³-hybridized carbons (Fsp3) is 0.444. The summed E-state index contributed by atoms with van der Waals surface area (Å²) >= 11 is 0. The van der Waals surface area contributed by atoms with Crippen LogP contribution >= 0.6 is 0 Å². The van der Waals surface area contributed by atoms with Crippen LogP contribution in [0.4, 0.5) is 9.59 Å². The predicted molar refractivity (Wildman–Crippen MR) is 103 cm³/mol. The van der Waals surface area contributed by atoms with Crippen LogP contribution in [0.3, 0.4) is 0 Å². The Labute approximate surface area is 169 Å². The summed E-state index contributed by atoms with van der Waals surface area (Å²) in [4.78, 5) is 47.3. The molecule has 0 aromatic heterocycles. The third-order valence-corrected chi connectivity index (χ3v) is 2.93. The number of nitrogens with zero attached hydrogens (tertiary/aromatic N) is 1. The van der Waals surface area contributed by atoms with Crippen LogP contribution in [0, 0.1) is 0 Å². The topological polar surface area (TPSA) is 132 Å². The monoisotopic (exact) mass is 413 g/mol. The molecule has 4 amide bonds. The highest BCUT2D eigenvalue weighted by molar-refractivity contribution is 5.93. The SMILES string of the molecule is C=CCOCOCCNC(=O)N(CCOC(=O)C=C)C(=O)NCCOC(=O)C=C. The molecular formula is C18H27N3O8. The molecule has 0 aliphatic carbocycles. The summed E-state index contributed by atoms with van der Waals surface area (Å²) in [6, 6.07) is -1.49. The first-order valence-corrected chi connectivity index (χ1v) is 8.64. The van der Waals surface area contributed by atoms with E-state index in [-0.39, 0.29) is 46.2 Å². The van der Waals surface area contributed by atoms with Crippen molar-refractivity contribution >= 4 is 24.0 Å². The highest BCUT2D eigenvalue weighted by Crippen LogP contribution is 1.94. The van der Waals surface area contributed by atoms with Gasteiger partial charge in [-0.15, -0.1) is 6.58 Å². The molecule has 0 atom stereocenters. The lowest BCUT2D eigenvalue weighted by Crippen LogP contribution is -2.51. The van der Waals surface area contributed by atoms with Crippen LogP contribution in [-0.2, 0) is 28.5 Å². The van der Waals surface area contributed by atoms with Crippen LogP contribution in [0.1, 0.15) is 0 Å². The summed E-state index contributed by atoms with van der Waals surface area (Å²) in [7, 11) is 0. The Hall–Kier alpha value is -3.18. The standard InChI is InChI=1S/C18H27N3O8/c1-4-10-26-14-27-11-7-19-17(24)21(9-13-29-16(23)6-3)18(25)20-8-12-28-15(22)5-2/h4-6H,1-3,7-14H2,(H,19,24)(H,20,25). The highest BCUT2D eigenvalue weighted by Gasteiger charge is 2.21. The molecule has 0 aromatic carbocycles. The molecule has 0 aliphatic heterocycles. The summed E-state index contributed by atoms with van der Waals surface area (Å²) in [5.41, 5.74) is 0. The lowest BCUT2D eigenvalue weighted by molar-refractivity contribution is -0.138. The molecule has 0 saturated heterocycles. The van der Waals surface area contributed by atoms with Crippen molar-refractivity contribution in [2.75, 3.05) is 52.9 Å². The fourth-order valence-corrected chi connectivity index (χ4v) is 1.63. The van der Waals surface area contributed by atoms with Crippen LogP contribution in [0.25, 0.3) is 0 Å². The second kappa shape index (κ2) is 17.0. The van der Waals surface area contributed by atoms with Gasteiger partial charge in [-0.05, 0) is 0 Å². The molecule has 11 nitrogen and oxygen atoms in total. The van der Waals surface area contributed by atoms with Crippen LogP contribution < -0.4 is 10.6 Å². The van der Waals surface area contributed by atoms with Crippen molar-refractivity contribution < 1.29 is 38.1 Å². The summed E-state index contributed by atoms with van der Waals surface area (Å²) in [6.45, 7) is 10.1. The first-order chi connectivity index (χ1) is 14.0. The van der Waals surface area contributed by atoms with Crippen molar-refractivity contribution in [2.24, 2.45) is 0 Å². The Kier molecular flexibility index (Phi) is 15.1. The van der Waals surface area contributed by atoms with Crippen LogP contribution in [0.5, 0.6) is 0 Å². The lowest BCUT2D eigenvalue weighted by Gasteiger charge is -2.21. The molecule has 0 radical (unpaired) electrons. The minimum Gasteiger partial charge on any atom is -0.461 e. The van der Waals surface area contributed by atoms with Gasteiger partial charge in [0.1, 0.15) is 20.0 Å². The van der Waals surface area contributed by atoms with E-state index in [2.05, 4.69) is 30.4 Å². The summed E-state index contributed by atoms with van der Waals surface area (Å²) in [5.74, 6) is -1.32. The Morgan fingerprint density at radius 1 is 0.793 bits per heavy atom. The van der Waals surface area contributed by atoms with E-state index in [0.717, 1.165) is 17.1 Å². The number of ether oxygens (including phenoxy) is 4. The van der Waals surface area contributed by atoms with Gasteiger partial charge in [0.2, 0.25) is 0 Å². The molecule has 0 bridgehead atoms. The molecule has 162 valence electrons. The van der Waals surface area contributed by atoms with Gasteiger partial charge in [0.05, 0.1) is 26.3 Å². The molecule has 11 heteroatoms. The molecule has 0 aromatic rings. The zero-order chi connectivity index (χ0) is 21.9. The number of esters is 2. The molecule has 29 heavy (non-hydrogen) atoms. The molecule has 0 unspecified atom stereocenters. The van der Waals surface area contributed by atoms with E-state index in [0.29, 0.717) is 6.61 Å². The number of carbonyl (C=O) groups excluding carboxylic acids is 4. The van der Waals surface area contributed by atoms with Gasteiger partial charge in [-0.3, -0.25) is 0 Å². The first kappa shape index (κ1) is 25.8. The lowest BCUT2D eigenvalue weighted by atomic mass is 10.5. The molecule has 0 rings (SSSR count). The largest absolute Gasteiger partial charge is 0.461 e. The number of urea groups is 2. The average molecular weight is 413 g/mol. The molecule has 0 aliphatic rings. The quantitative estimate of drug-likeness (QED) is 0.129. The van der Waals surface area contributed by atoms with E-state index >= 15 is 0 Å². The minimum atomic E-state index is -0.762. The van der Waals surface area contributed by atoms with Crippen LogP contribution in [-0.4, -0.2) is 81.8 Å².